The van der Waals surface area contributed by atoms with E-state index in [1.54, 1.807) is 0 Å². The van der Waals surface area contributed by atoms with Gasteiger partial charge in [-0.2, -0.15) is 0 Å². The van der Waals surface area contributed by atoms with Gasteiger partial charge in [-0.05, 0) is 35.2 Å². The summed E-state index contributed by atoms with van der Waals surface area (Å²) in [6.07, 6.45) is 1.43. The summed E-state index contributed by atoms with van der Waals surface area (Å²) in [6.45, 7) is 0. The van der Waals surface area contributed by atoms with Crippen molar-refractivity contribution in [3.63, 3.8) is 0 Å². The molecule has 0 saturated carbocycles. The molecule has 2 aromatic rings. The van der Waals surface area contributed by atoms with Crippen LogP contribution in [0.3, 0.4) is 0 Å². The van der Waals surface area contributed by atoms with Gasteiger partial charge in [-0.3, -0.25) is 4.79 Å². The zero-order chi connectivity index (χ0) is 12.5. The van der Waals surface area contributed by atoms with E-state index in [0.717, 1.165) is 16.5 Å². The number of carbonyl (C=O) groups is 1. The third-order valence-corrected chi connectivity index (χ3v) is 4.00. The number of benzene rings is 2. The van der Waals surface area contributed by atoms with Crippen LogP contribution < -0.4 is 0 Å². The third-order valence-electron chi connectivity index (χ3n) is 3.51. The molecule has 1 nitrogen and oxygen atoms in total. The number of hydrogen-bond donors (Lipinski definition) is 0. The largest absolute Gasteiger partial charge is 0.299 e. The van der Waals surface area contributed by atoms with Gasteiger partial charge in [0.05, 0.1) is 0 Å². The molecular weight excluding hydrogens is 288 g/mol. The fourth-order valence-electron chi connectivity index (χ4n) is 2.52. The first-order valence-electron chi connectivity index (χ1n) is 6.09. The quantitative estimate of drug-likeness (QED) is 0.840. The van der Waals surface area contributed by atoms with Crippen LogP contribution in [0, 0.1) is 0 Å². The summed E-state index contributed by atoms with van der Waals surface area (Å²) in [6, 6.07) is 16.2. The molecule has 2 aromatic carbocycles. The normalized spacial score (nSPS) is 16.8. The molecule has 2 heteroatoms. The van der Waals surface area contributed by atoms with Gasteiger partial charge in [0.15, 0.2) is 0 Å². The van der Waals surface area contributed by atoms with Gasteiger partial charge >= 0.3 is 0 Å². The monoisotopic (exact) mass is 300 g/mol. The molecule has 1 aliphatic carbocycles. The molecule has 0 aromatic heterocycles. The van der Waals surface area contributed by atoms with Crippen molar-refractivity contribution in [3.8, 4) is 0 Å². The minimum absolute atomic E-state index is 0.111. The molecule has 90 valence electrons. The van der Waals surface area contributed by atoms with Crippen LogP contribution in [-0.2, 0) is 17.6 Å². The average Bonchev–Trinajstić information content (AvgIpc) is 2.30. The average molecular weight is 301 g/mol. The number of carbonyl (C=O) groups excluding carboxylic acids is 1. The van der Waals surface area contributed by atoms with Gasteiger partial charge in [0, 0.05) is 16.8 Å². The maximum absolute atomic E-state index is 12.3. The van der Waals surface area contributed by atoms with Crippen LogP contribution in [0.5, 0.6) is 0 Å². The molecule has 0 fully saturated rings. The van der Waals surface area contributed by atoms with E-state index in [9.17, 15) is 4.79 Å². The first-order chi connectivity index (χ1) is 8.74. The Morgan fingerprint density at radius 3 is 2.78 bits per heavy atom. The van der Waals surface area contributed by atoms with Crippen LogP contribution in [0.15, 0.2) is 53.0 Å². The van der Waals surface area contributed by atoms with Gasteiger partial charge in [0.2, 0.25) is 0 Å². The van der Waals surface area contributed by atoms with Crippen molar-refractivity contribution < 1.29 is 4.79 Å². The molecule has 18 heavy (non-hydrogen) atoms. The van der Waals surface area contributed by atoms with Crippen molar-refractivity contribution in [2.24, 2.45) is 0 Å². The molecule has 3 rings (SSSR count). The first kappa shape index (κ1) is 11.7. The number of Topliss-reactive ketones (excluding diaryl/α,β-unsaturated/α-hetero) is 1. The van der Waals surface area contributed by atoms with Crippen LogP contribution >= 0.6 is 15.9 Å². The number of fused-ring (bicyclic) bond motifs is 1. The van der Waals surface area contributed by atoms with Crippen molar-refractivity contribution in [2.75, 3.05) is 0 Å². The van der Waals surface area contributed by atoms with Crippen LogP contribution in [-0.4, -0.2) is 5.78 Å². The number of halogens is 1. The molecule has 0 saturated heterocycles. The Labute approximate surface area is 115 Å². The number of hydrogen-bond acceptors (Lipinski definition) is 1. The molecule has 0 bridgehead atoms. The van der Waals surface area contributed by atoms with E-state index < -0.39 is 0 Å². The lowest BCUT2D eigenvalue weighted by atomic mass is 9.74. The summed E-state index contributed by atoms with van der Waals surface area (Å²) >= 11 is 3.43. The Hall–Kier alpha value is -1.41. The van der Waals surface area contributed by atoms with Crippen LogP contribution in [0.1, 0.15) is 22.6 Å². The maximum Gasteiger partial charge on any atom is 0.145 e. The van der Waals surface area contributed by atoms with Crippen LogP contribution in [0.2, 0.25) is 0 Å². The third kappa shape index (κ3) is 2.13. The molecule has 1 aliphatic rings. The predicted octanol–water partition coefficient (Wildman–Crippen LogP) is 3.90. The molecule has 1 unspecified atom stereocenters. The highest BCUT2D eigenvalue weighted by molar-refractivity contribution is 9.10. The molecule has 0 amide bonds. The van der Waals surface area contributed by atoms with Crippen LogP contribution in [0.25, 0.3) is 0 Å². The topological polar surface area (TPSA) is 17.1 Å². The molecule has 0 N–H and O–H groups in total. The number of ketones is 1. The molecule has 1 atom stereocenters. The Kier molecular flexibility index (Phi) is 3.04. The summed E-state index contributed by atoms with van der Waals surface area (Å²) in [4.78, 5) is 12.3. The Morgan fingerprint density at radius 2 is 2.00 bits per heavy atom. The second-order valence-corrected chi connectivity index (χ2v) is 5.64. The molecular formula is C16H13BrO. The van der Waals surface area contributed by atoms with Crippen molar-refractivity contribution in [1.82, 2.24) is 0 Å². The predicted molar refractivity (Wildman–Crippen MR) is 75.7 cm³/mol. The standard InChI is InChI=1S/C16H13BrO/c17-13-6-3-4-11(8-13)9-16(18)15-10-12-5-1-2-7-14(12)15/h1-8,15H,9-10H2. The SMILES string of the molecule is O=C(Cc1cccc(Br)c1)C1Cc2ccccc21. The van der Waals surface area contributed by atoms with Crippen molar-refractivity contribution >= 4 is 21.7 Å². The van der Waals surface area contributed by atoms with Gasteiger partial charge in [-0.15, -0.1) is 0 Å². The highest BCUT2D eigenvalue weighted by atomic mass is 79.9. The highest BCUT2D eigenvalue weighted by Crippen LogP contribution is 2.36. The van der Waals surface area contributed by atoms with E-state index in [1.807, 2.05) is 36.4 Å². The Bertz CT molecular complexity index is 604. The van der Waals surface area contributed by atoms with E-state index in [0.29, 0.717) is 12.2 Å². The zero-order valence-corrected chi connectivity index (χ0v) is 11.5. The summed E-state index contributed by atoms with van der Waals surface area (Å²) in [7, 11) is 0. The fraction of sp³-hybridized carbons (Fsp3) is 0.188. The van der Waals surface area contributed by atoms with Gasteiger partial charge < -0.3 is 0 Å². The smallest absolute Gasteiger partial charge is 0.145 e. The lowest BCUT2D eigenvalue weighted by Crippen LogP contribution is -2.26. The van der Waals surface area contributed by atoms with Gasteiger partial charge in [0.25, 0.3) is 0 Å². The van der Waals surface area contributed by atoms with Gasteiger partial charge in [-0.25, -0.2) is 0 Å². The van der Waals surface area contributed by atoms with Crippen molar-refractivity contribution in [1.29, 1.82) is 0 Å². The second kappa shape index (κ2) is 4.69. The Balaban J connectivity index is 1.75. The maximum atomic E-state index is 12.3. The minimum Gasteiger partial charge on any atom is -0.299 e. The fourth-order valence-corrected chi connectivity index (χ4v) is 2.96. The van der Waals surface area contributed by atoms with Crippen molar-refractivity contribution in [2.45, 2.75) is 18.8 Å². The molecule has 0 spiro atoms. The minimum atomic E-state index is 0.111. The number of rotatable bonds is 3. The summed E-state index contributed by atoms with van der Waals surface area (Å²) in [5.41, 5.74) is 3.63. The van der Waals surface area contributed by atoms with Crippen LogP contribution in [0.4, 0.5) is 0 Å². The molecule has 0 heterocycles. The van der Waals surface area contributed by atoms with Gasteiger partial charge in [-0.1, -0.05) is 52.3 Å². The lowest BCUT2D eigenvalue weighted by Gasteiger charge is -2.28. The van der Waals surface area contributed by atoms with E-state index in [1.165, 1.54) is 11.1 Å². The molecule has 0 radical (unpaired) electrons. The summed E-state index contributed by atoms with van der Waals surface area (Å²) < 4.78 is 1.03. The summed E-state index contributed by atoms with van der Waals surface area (Å²) in [5.74, 6) is 0.437. The van der Waals surface area contributed by atoms with E-state index in [2.05, 4.69) is 28.1 Å². The molecule has 0 aliphatic heterocycles. The van der Waals surface area contributed by atoms with Gasteiger partial charge in [0.1, 0.15) is 5.78 Å². The van der Waals surface area contributed by atoms with E-state index in [-0.39, 0.29) is 5.92 Å². The highest BCUT2D eigenvalue weighted by Gasteiger charge is 2.31. The van der Waals surface area contributed by atoms with E-state index >= 15 is 0 Å². The second-order valence-electron chi connectivity index (χ2n) is 4.73. The van der Waals surface area contributed by atoms with E-state index in [4.69, 9.17) is 0 Å². The Morgan fingerprint density at radius 1 is 1.17 bits per heavy atom. The first-order valence-corrected chi connectivity index (χ1v) is 6.88. The van der Waals surface area contributed by atoms with Crippen molar-refractivity contribution in [3.05, 3.63) is 69.7 Å². The lowest BCUT2D eigenvalue weighted by molar-refractivity contribution is -0.120. The summed E-state index contributed by atoms with van der Waals surface area (Å²) in [5, 5.41) is 0. The zero-order valence-electron chi connectivity index (χ0n) is 9.90.